The van der Waals surface area contributed by atoms with E-state index in [1.54, 1.807) is 7.11 Å². The molecule has 0 aliphatic heterocycles. The molecule has 0 aliphatic rings. The normalized spacial score (nSPS) is 11.8. The summed E-state index contributed by atoms with van der Waals surface area (Å²) in [4.78, 5) is 11.8. The Bertz CT molecular complexity index is 646. The van der Waals surface area contributed by atoms with Gasteiger partial charge in [0, 0.05) is 11.6 Å². The van der Waals surface area contributed by atoms with Crippen molar-refractivity contribution in [2.75, 3.05) is 13.7 Å². The van der Waals surface area contributed by atoms with E-state index in [2.05, 4.69) is 21.2 Å². The third-order valence-electron chi connectivity index (χ3n) is 3.51. The first kappa shape index (κ1) is 17.8. The first-order valence-corrected chi connectivity index (χ1v) is 8.67. The highest BCUT2D eigenvalue weighted by molar-refractivity contribution is 9.10. The summed E-state index contributed by atoms with van der Waals surface area (Å²) in [6, 6.07) is 15.4. The number of nitrogens with one attached hydrogen (secondary N) is 1. The van der Waals surface area contributed by atoms with Crippen molar-refractivity contribution in [3.05, 3.63) is 64.7 Å². The molecular weight excluding hydrogens is 378 g/mol. The molecule has 1 unspecified atom stereocenters. The van der Waals surface area contributed by atoms with Gasteiger partial charge in [0.05, 0.1) is 11.9 Å². The maximum atomic E-state index is 12.1. The third kappa shape index (κ3) is 5.56. The van der Waals surface area contributed by atoms with E-state index in [1.165, 1.54) is 0 Å². The minimum atomic E-state index is -0.293. The molecule has 0 saturated carbocycles. The lowest BCUT2D eigenvalue weighted by Crippen LogP contribution is -2.33. The second kappa shape index (κ2) is 8.94. The number of hydrogen-bond acceptors (Lipinski definition) is 2. The Hall–Kier alpha value is -1.52. The second-order valence-electron chi connectivity index (χ2n) is 5.15. The highest BCUT2D eigenvalue weighted by Gasteiger charge is 2.16. The molecule has 0 heterocycles. The van der Waals surface area contributed by atoms with E-state index in [0.717, 1.165) is 23.3 Å². The number of carbonyl (C=O) groups excluding carboxylic acids is 1. The van der Waals surface area contributed by atoms with Crippen molar-refractivity contribution in [1.82, 2.24) is 5.32 Å². The van der Waals surface area contributed by atoms with Crippen LogP contribution in [0.4, 0.5) is 0 Å². The summed E-state index contributed by atoms with van der Waals surface area (Å²) in [6.45, 7) is 0.593. The molecule has 0 bridgehead atoms. The van der Waals surface area contributed by atoms with Crippen LogP contribution in [0.3, 0.4) is 0 Å². The van der Waals surface area contributed by atoms with Gasteiger partial charge in [0.2, 0.25) is 5.91 Å². The Labute approximate surface area is 150 Å². The van der Waals surface area contributed by atoms with Gasteiger partial charge in [-0.15, -0.1) is 0 Å². The number of hydrogen-bond donors (Lipinski definition) is 1. The first-order valence-electron chi connectivity index (χ1n) is 7.38. The minimum Gasteiger partial charge on any atom is -0.497 e. The predicted octanol–water partition coefficient (Wildman–Crippen LogP) is 4.01. The van der Waals surface area contributed by atoms with Gasteiger partial charge in [-0.05, 0) is 42.2 Å². The molecule has 1 N–H and O–H groups in total. The molecule has 0 fully saturated rings. The predicted molar refractivity (Wildman–Crippen MR) is 97.6 cm³/mol. The molecular formula is C18H19BrClNO2. The summed E-state index contributed by atoms with van der Waals surface area (Å²) in [5.41, 5.74) is 2.12. The Kier molecular flexibility index (Phi) is 6.93. The van der Waals surface area contributed by atoms with E-state index in [-0.39, 0.29) is 10.7 Å². The van der Waals surface area contributed by atoms with Gasteiger partial charge < -0.3 is 10.1 Å². The Morgan fingerprint density at radius 1 is 1.22 bits per heavy atom. The van der Waals surface area contributed by atoms with Crippen molar-refractivity contribution in [3.8, 4) is 5.75 Å². The Morgan fingerprint density at radius 2 is 1.91 bits per heavy atom. The number of methoxy groups -OCH3 is 1. The molecule has 1 amide bonds. The van der Waals surface area contributed by atoms with Crippen molar-refractivity contribution in [1.29, 1.82) is 0 Å². The van der Waals surface area contributed by atoms with E-state index in [1.807, 2.05) is 48.5 Å². The summed E-state index contributed by atoms with van der Waals surface area (Å²) >= 11 is 9.55. The van der Waals surface area contributed by atoms with Crippen molar-refractivity contribution < 1.29 is 9.53 Å². The molecule has 0 radical (unpaired) electrons. The van der Waals surface area contributed by atoms with Gasteiger partial charge in [-0.3, -0.25) is 4.79 Å². The average Bonchev–Trinajstić information content (AvgIpc) is 2.57. The summed E-state index contributed by atoms with van der Waals surface area (Å²) < 4.78 is 5.12. The third-order valence-corrected chi connectivity index (χ3v) is 4.62. The standard InChI is InChI=1S/C18H19BrClNO2/c1-23-15-8-6-13(7-9-15)10-11-21-18(22)16(19)12-14-4-2-3-5-17(14)20/h2-9,16H,10-12H2,1H3,(H,21,22). The quantitative estimate of drug-likeness (QED) is 0.718. The van der Waals surface area contributed by atoms with Crippen LogP contribution in [-0.4, -0.2) is 24.4 Å². The monoisotopic (exact) mass is 395 g/mol. The molecule has 23 heavy (non-hydrogen) atoms. The summed E-state index contributed by atoms with van der Waals surface area (Å²) in [5, 5.41) is 3.62. The maximum absolute atomic E-state index is 12.1. The van der Waals surface area contributed by atoms with Gasteiger partial charge >= 0.3 is 0 Å². The summed E-state index contributed by atoms with van der Waals surface area (Å²) in [5.74, 6) is 0.802. The van der Waals surface area contributed by atoms with Crippen molar-refractivity contribution in [3.63, 3.8) is 0 Å². The molecule has 0 aromatic heterocycles. The summed E-state index contributed by atoms with van der Waals surface area (Å²) in [7, 11) is 1.64. The molecule has 1 atom stereocenters. The molecule has 2 rings (SSSR count). The Balaban J connectivity index is 1.78. The number of amides is 1. The van der Waals surface area contributed by atoms with Crippen LogP contribution < -0.4 is 10.1 Å². The lowest BCUT2D eigenvalue weighted by Gasteiger charge is -2.12. The lowest BCUT2D eigenvalue weighted by atomic mass is 10.1. The smallest absolute Gasteiger partial charge is 0.234 e. The van der Waals surface area contributed by atoms with Gasteiger partial charge in [-0.25, -0.2) is 0 Å². The zero-order valence-electron chi connectivity index (χ0n) is 12.9. The molecule has 122 valence electrons. The van der Waals surface area contributed by atoms with Crippen LogP contribution in [0.25, 0.3) is 0 Å². The van der Waals surface area contributed by atoms with Crippen molar-refractivity contribution >= 4 is 33.4 Å². The SMILES string of the molecule is COc1ccc(CCNC(=O)C(Br)Cc2ccccc2Cl)cc1. The number of alkyl halides is 1. The first-order chi connectivity index (χ1) is 11.1. The lowest BCUT2D eigenvalue weighted by molar-refractivity contribution is -0.120. The van der Waals surface area contributed by atoms with E-state index >= 15 is 0 Å². The van der Waals surface area contributed by atoms with Crippen molar-refractivity contribution in [2.24, 2.45) is 0 Å². The second-order valence-corrected chi connectivity index (χ2v) is 6.66. The molecule has 0 spiro atoms. The fourth-order valence-corrected chi connectivity index (χ4v) is 2.91. The van der Waals surface area contributed by atoms with Crippen LogP contribution in [0, 0.1) is 0 Å². The van der Waals surface area contributed by atoms with Crippen LogP contribution in [0.1, 0.15) is 11.1 Å². The number of rotatable bonds is 7. The molecule has 3 nitrogen and oxygen atoms in total. The van der Waals surface area contributed by atoms with E-state index in [9.17, 15) is 4.79 Å². The highest BCUT2D eigenvalue weighted by atomic mass is 79.9. The minimum absolute atomic E-state index is 0.0292. The van der Waals surface area contributed by atoms with Crippen molar-refractivity contribution in [2.45, 2.75) is 17.7 Å². The largest absolute Gasteiger partial charge is 0.497 e. The van der Waals surface area contributed by atoms with Gasteiger partial charge in [0.1, 0.15) is 5.75 Å². The summed E-state index contributed by atoms with van der Waals surface area (Å²) in [6.07, 6.45) is 1.34. The average molecular weight is 397 g/mol. The van der Waals surface area contributed by atoms with Gasteiger partial charge in [0.15, 0.2) is 0 Å². The Morgan fingerprint density at radius 3 is 2.57 bits per heavy atom. The maximum Gasteiger partial charge on any atom is 0.234 e. The van der Waals surface area contributed by atoms with Crippen LogP contribution in [0.5, 0.6) is 5.75 Å². The molecule has 0 aliphatic carbocycles. The molecule has 0 saturated heterocycles. The molecule has 2 aromatic rings. The fourth-order valence-electron chi connectivity index (χ4n) is 2.18. The number of halogens is 2. The van der Waals surface area contributed by atoms with E-state index < -0.39 is 0 Å². The van der Waals surface area contributed by atoms with Crippen LogP contribution >= 0.6 is 27.5 Å². The number of carbonyl (C=O) groups is 1. The van der Waals surface area contributed by atoms with E-state index in [0.29, 0.717) is 18.0 Å². The fraction of sp³-hybridized carbons (Fsp3) is 0.278. The zero-order chi connectivity index (χ0) is 16.7. The van der Waals surface area contributed by atoms with E-state index in [4.69, 9.17) is 16.3 Å². The number of ether oxygens (including phenoxy) is 1. The van der Waals surface area contributed by atoms with Gasteiger partial charge in [-0.1, -0.05) is 57.9 Å². The highest BCUT2D eigenvalue weighted by Crippen LogP contribution is 2.19. The topological polar surface area (TPSA) is 38.3 Å². The van der Waals surface area contributed by atoms with Gasteiger partial charge in [-0.2, -0.15) is 0 Å². The zero-order valence-corrected chi connectivity index (χ0v) is 15.2. The van der Waals surface area contributed by atoms with Crippen LogP contribution in [-0.2, 0) is 17.6 Å². The van der Waals surface area contributed by atoms with Crippen LogP contribution in [0.15, 0.2) is 48.5 Å². The molecule has 5 heteroatoms. The van der Waals surface area contributed by atoms with Gasteiger partial charge in [0.25, 0.3) is 0 Å². The molecule has 2 aromatic carbocycles. The van der Waals surface area contributed by atoms with Crippen LogP contribution in [0.2, 0.25) is 5.02 Å². The number of benzene rings is 2.